The van der Waals surface area contributed by atoms with Gasteiger partial charge in [-0.15, -0.1) is 0 Å². The molecule has 3 rings (SSSR count). The van der Waals surface area contributed by atoms with E-state index in [1.54, 1.807) is 24.3 Å². The molecule has 122 valence electrons. The number of amides is 2. The quantitative estimate of drug-likeness (QED) is 0.659. The summed E-state index contributed by atoms with van der Waals surface area (Å²) >= 11 is 12.9. The molecule has 1 saturated heterocycles. The Kier molecular flexibility index (Phi) is 4.99. The summed E-state index contributed by atoms with van der Waals surface area (Å²) in [6, 6.07) is 12.8. The van der Waals surface area contributed by atoms with Crippen LogP contribution in [0.5, 0.6) is 0 Å². The van der Waals surface area contributed by atoms with Gasteiger partial charge in [0.25, 0.3) is 11.1 Å². The topological polar surface area (TPSA) is 37.4 Å². The van der Waals surface area contributed by atoms with E-state index in [1.165, 1.54) is 4.90 Å². The van der Waals surface area contributed by atoms with Gasteiger partial charge in [0.2, 0.25) is 0 Å². The Bertz CT molecular complexity index is 864. The number of halogens is 2. The number of hydrogen-bond acceptors (Lipinski definition) is 3. The van der Waals surface area contributed by atoms with Gasteiger partial charge >= 0.3 is 0 Å². The number of nitrogens with zero attached hydrogens (tertiary/aromatic N) is 1. The summed E-state index contributed by atoms with van der Waals surface area (Å²) in [4.78, 5) is 26.3. The van der Waals surface area contributed by atoms with Gasteiger partial charge in [0, 0.05) is 10.0 Å². The van der Waals surface area contributed by atoms with E-state index in [0.717, 1.165) is 22.9 Å². The average Bonchev–Trinajstić information content (AvgIpc) is 2.78. The Morgan fingerprint density at radius 2 is 1.92 bits per heavy atom. The average molecular weight is 378 g/mol. The summed E-state index contributed by atoms with van der Waals surface area (Å²) in [7, 11) is 0. The third-order valence-electron chi connectivity index (χ3n) is 3.55. The fourth-order valence-corrected chi connectivity index (χ4v) is 3.68. The zero-order valence-corrected chi connectivity index (χ0v) is 15.1. The highest BCUT2D eigenvalue weighted by atomic mass is 35.5. The standard InChI is InChI=1S/C18H13Cl2NO2S/c1-11-3-2-4-12(7-11)10-21-17(22)16(24-18(21)23)8-13-5-6-14(19)9-15(13)20/h2-9H,10H2,1H3/b16-8+. The van der Waals surface area contributed by atoms with Crippen molar-refractivity contribution in [1.29, 1.82) is 0 Å². The maximum absolute atomic E-state index is 12.5. The molecule has 1 heterocycles. The van der Waals surface area contributed by atoms with Crippen LogP contribution < -0.4 is 0 Å². The lowest BCUT2D eigenvalue weighted by molar-refractivity contribution is -0.123. The maximum atomic E-state index is 12.5. The van der Waals surface area contributed by atoms with Crippen LogP contribution in [-0.4, -0.2) is 16.0 Å². The van der Waals surface area contributed by atoms with E-state index < -0.39 is 0 Å². The lowest BCUT2D eigenvalue weighted by atomic mass is 10.1. The normalized spacial score (nSPS) is 16.3. The second-order valence-corrected chi connectivity index (χ2v) is 7.26. The van der Waals surface area contributed by atoms with Gasteiger partial charge in [-0.1, -0.05) is 59.1 Å². The predicted molar refractivity (Wildman–Crippen MR) is 99.2 cm³/mol. The molecule has 1 aliphatic heterocycles. The molecule has 0 bridgehead atoms. The third-order valence-corrected chi connectivity index (χ3v) is 5.02. The van der Waals surface area contributed by atoms with Crippen molar-refractivity contribution in [2.24, 2.45) is 0 Å². The molecule has 0 aromatic heterocycles. The molecular weight excluding hydrogens is 365 g/mol. The first-order valence-electron chi connectivity index (χ1n) is 7.20. The molecule has 2 aromatic carbocycles. The molecule has 0 saturated carbocycles. The van der Waals surface area contributed by atoms with E-state index in [1.807, 2.05) is 31.2 Å². The number of imide groups is 1. The Labute approximate surface area is 154 Å². The van der Waals surface area contributed by atoms with Crippen LogP contribution in [0.4, 0.5) is 4.79 Å². The van der Waals surface area contributed by atoms with Gasteiger partial charge in [0.1, 0.15) is 0 Å². The van der Waals surface area contributed by atoms with Crippen molar-refractivity contribution in [1.82, 2.24) is 4.90 Å². The Morgan fingerprint density at radius 1 is 1.12 bits per heavy atom. The summed E-state index contributed by atoms with van der Waals surface area (Å²) in [5.41, 5.74) is 2.66. The van der Waals surface area contributed by atoms with Gasteiger partial charge in [0.05, 0.1) is 11.4 Å². The minimum absolute atomic E-state index is 0.262. The smallest absolute Gasteiger partial charge is 0.268 e. The monoisotopic (exact) mass is 377 g/mol. The number of carbonyl (C=O) groups is 2. The summed E-state index contributed by atoms with van der Waals surface area (Å²) in [6.45, 7) is 2.23. The number of rotatable bonds is 3. The van der Waals surface area contributed by atoms with Gasteiger partial charge < -0.3 is 0 Å². The molecule has 24 heavy (non-hydrogen) atoms. The van der Waals surface area contributed by atoms with Crippen LogP contribution in [0, 0.1) is 6.92 Å². The van der Waals surface area contributed by atoms with Gasteiger partial charge in [-0.25, -0.2) is 0 Å². The summed E-state index contributed by atoms with van der Waals surface area (Å²) in [5.74, 6) is -0.308. The number of hydrogen-bond donors (Lipinski definition) is 0. The van der Waals surface area contributed by atoms with Gasteiger partial charge in [-0.2, -0.15) is 0 Å². The minimum Gasteiger partial charge on any atom is -0.268 e. The van der Waals surface area contributed by atoms with E-state index in [9.17, 15) is 9.59 Å². The van der Waals surface area contributed by atoms with Gasteiger partial charge in [-0.05, 0) is 48.0 Å². The highest BCUT2D eigenvalue weighted by molar-refractivity contribution is 8.18. The zero-order chi connectivity index (χ0) is 17.3. The van der Waals surface area contributed by atoms with Gasteiger partial charge in [0.15, 0.2) is 0 Å². The number of carbonyl (C=O) groups excluding carboxylic acids is 2. The number of thioether (sulfide) groups is 1. The summed E-state index contributed by atoms with van der Waals surface area (Å²) < 4.78 is 0. The fourth-order valence-electron chi connectivity index (χ4n) is 2.39. The SMILES string of the molecule is Cc1cccc(CN2C(=O)S/C(=C/c3ccc(Cl)cc3Cl)C2=O)c1. The Morgan fingerprint density at radius 3 is 2.62 bits per heavy atom. The van der Waals surface area contributed by atoms with Gasteiger partial charge in [-0.3, -0.25) is 14.5 Å². The van der Waals surface area contributed by atoms with E-state index in [-0.39, 0.29) is 17.7 Å². The molecule has 0 atom stereocenters. The molecule has 1 aliphatic rings. The summed E-state index contributed by atoms with van der Waals surface area (Å²) in [5, 5.41) is 0.676. The van der Waals surface area contributed by atoms with Crippen LogP contribution in [0.3, 0.4) is 0 Å². The van der Waals surface area contributed by atoms with Crippen molar-refractivity contribution < 1.29 is 9.59 Å². The van der Waals surface area contributed by atoms with E-state index in [4.69, 9.17) is 23.2 Å². The third kappa shape index (κ3) is 3.66. The first-order chi connectivity index (χ1) is 11.4. The largest absolute Gasteiger partial charge is 0.293 e. The van der Waals surface area contributed by atoms with Crippen molar-refractivity contribution in [2.45, 2.75) is 13.5 Å². The first-order valence-corrected chi connectivity index (χ1v) is 8.77. The van der Waals surface area contributed by atoms with E-state index >= 15 is 0 Å². The molecule has 3 nitrogen and oxygen atoms in total. The van der Waals surface area contributed by atoms with Crippen molar-refractivity contribution in [3.05, 3.63) is 74.1 Å². The zero-order valence-electron chi connectivity index (χ0n) is 12.8. The van der Waals surface area contributed by atoms with Crippen LogP contribution in [0.15, 0.2) is 47.4 Å². The number of aryl methyl sites for hydroxylation is 1. The van der Waals surface area contributed by atoms with Crippen molar-refractivity contribution in [3.63, 3.8) is 0 Å². The lowest BCUT2D eigenvalue weighted by Gasteiger charge is -2.12. The molecule has 0 aliphatic carbocycles. The van der Waals surface area contributed by atoms with E-state index in [0.29, 0.717) is 20.5 Å². The highest BCUT2D eigenvalue weighted by Crippen LogP contribution is 2.34. The van der Waals surface area contributed by atoms with Crippen LogP contribution in [0.2, 0.25) is 10.0 Å². The van der Waals surface area contributed by atoms with Crippen molar-refractivity contribution in [2.75, 3.05) is 0 Å². The molecular formula is C18H13Cl2NO2S. The second kappa shape index (κ2) is 7.01. The van der Waals surface area contributed by atoms with Crippen LogP contribution in [0.25, 0.3) is 6.08 Å². The van der Waals surface area contributed by atoms with Crippen molar-refractivity contribution >= 4 is 52.2 Å². The van der Waals surface area contributed by atoms with Crippen LogP contribution in [0.1, 0.15) is 16.7 Å². The molecule has 0 N–H and O–H groups in total. The summed E-state index contributed by atoms with van der Waals surface area (Å²) in [6.07, 6.45) is 1.62. The maximum Gasteiger partial charge on any atom is 0.293 e. The Balaban J connectivity index is 1.84. The molecule has 0 radical (unpaired) electrons. The number of benzene rings is 2. The molecule has 1 fully saturated rings. The molecule has 0 spiro atoms. The fraction of sp³-hybridized carbons (Fsp3) is 0.111. The first kappa shape index (κ1) is 17.1. The van der Waals surface area contributed by atoms with Crippen molar-refractivity contribution in [3.8, 4) is 0 Å². The molecule has 2 amide bonds. The predicted octanol–water partition coefficient (Wildman–Crippen LogP) is 5.54. The van der Waals surface area contributed by atoms with Crippen LogP contribution in [-0.2, 0) is 11.3 Å². The lowest BCUT2D eigenvalue weighted by Crippen LogP contribution is -2.27. The van der Waals surface area contributed by atoms with Crippen LogP contribution >= 0.6 is 35.0 Å². The Hall–Kier alpha value is -1.75. The van der Waals surface area contributed by atoms with E-state index in [2.05, 4.69) is 0 Å². The highest BCUT2D eigenvalue weighted by Gasteiger charge is 2.35. The molecule has 0 unspecified atom stereocenters. The molecule has 6 heteroatoms. The molecule has 2 aromatic rings. The minimum atomic E-state index is -0.308. The second-order valence-electron chi connectivity index (χ2n) is 5.42.